The second-order valence-electron chi connectivity index (χ2n) is 4.26. The highest BCUT2D eigenvalue weighted by Crippen LogP contribution is 2.08. The summed E-state index contributed by atoms with van der Waals surface area (Å²) in [4.78, 5) is 24.1. The summed E-state index contributed by atoms with van der Waals surface area (Å²) in [7, 11) is 0. The normalized spacial score (nSPS) is 15.0. The molecule has 1 aromatic heterocycles. The number of furan rings is 1. The van der Waals surface area contributed by atoms with Gasteiger partial charge in [0.25, 0.3) is 0 Å². The first-order valence-corrected chi connectivity index (χ1v) is 5.97. The quantitative estimate of drug-likeness (QED) is 0.805. The maximum atomic E-state index is 11.7. The van der Waals surface area contributed by atoms with Gasteiger partial charge in [0.1, 0.15) is 5.76 Å². The number of nitrogens with one attached hydrogen (secondary N) is 1. The Balaban J connectivity index is 1.74. The predicted octanol–water partition coefficient (Wildman–Crippen LogP) is 0.690. The van der Waals surface area contributed by atoms with Gasteiger partial charge < -0.3 is 19.7 Å². The monoisotopic (exact) mass is 252 g/mol. The van der Waals surface area contributed by atoms with Crippen molar-refractivity contribution in [1.82, 2.24) is 10.2 Å². The number of carboxylic acid groups (broad SMARTS) is 1. The molecule has 6 nitrogen and oxygen atoms in total. The molecule has 1 aliphatic heterocycles. The van der Waals surface area contributed by atoms with Gasteiger partial charge in [-0.25, -0.2) is 4.79 Å². The van der Waals surface area contributed by atoms with Crippen LogP contribution < -0.4 is 5.32 Å². The van der Waals surface area contributed by atoms with E-state index in [2.05, 4.69) is 5.32 Å². The number of hydrogen-bond donors (Lipinski definition) is 2. The summed E-state index contributed by atoms with van der Waals surface area (Å²) in [5.41, 5.74) is 0. The molecule has 0 aromatic carbocycles. The lowest BCUT2D eigenvalue weighted by molar-refractivity contribution is -0.129. The Bertz CT molecular complexity index is 435. The fourth-order valence-electron chi connectivity index (χ4n) is 1.96. The first-order chi connectivity index (χ1) is 8.66. The average molecular weight is 252 g/mol. The molecule has 0 atom stereocenters. The number of carbonyl (C=O) groups is 2. The van der Waals surface area contributed by atoms with Crippen LogP contribution in [0, 0.1) is 0 Å². The van der Waals surface area contributed by atoms with Crippen LogP contribution in [0.1, 0.15) is 29.2 Å². The fraction of sp³-hybridized carbons (Fsp3) is 0.500. The number of likely N-dealkylation sites (tertiary alicyclic amines) is 1. The summed E-state index contributed by atoms with van der Waals surface area (Å²) in [5, 5.41) is 11.6. The first kappa shape index (κ1) is 12.6. The van der Waals surface area contributed by atoms with Crippen molar-refractivity contribution in [2.45, 2.75) is 19.4 Å². The molecule has 0 bridgehead atoms. The van der Waals surface area contributed by atoms with Crippen LogP contribution in [0.2, 0.25) is 0 Å². The van der Waals surface area contributed by atoms with E-state index in [4.69, 9.17) is 9.52 Å². The highest BCUT2D eigenvalue weighted by molar-refractivity contribution is 5.84. The third-order valence-corrected chi connectivity index (χ3v) is 2.91. The van der Waals surface area contributed by atoms with E-state index < -0.39 is 5.97 Å². The lowest BCUT2D eigenvalue weighted by atomic mass is 10.4. The lowest BCUT2D eigenvalue weighted by Crippen LogP contribution is -2.35. The van der Waals surface area contributed by atoms with Crippen molar-refractivity contribution in [1.29, 1.82) is 0 Å². The van der Waals surface area contributed by atoms with Crippen LogP contribution in [0.4, 0.5) is 0 Å². The van der Waals surface area contributed by atoms with Gasteiger partial charge >= 0.3 is 5.97 Å². The molecule has 1 aromatic rings. The minimum Gasteiger partial charge on any atom is -0.475 e. The van der Waals surface area contributed by atoms with Gasteiger partial charge in [-0.15, -0.1) is 0 Å². The molecule has 0 saturated carbocycles. The molecule has 0 unspecified atom stereocenters. The van der Waals surface area contributed by atoms with Gasteiger partial charge in [-0.05, 0) is 25.0 Å². The van der Waals surface area contributed by atoms with Crippen molar-refractivity contribution in [2.24, 2.45) is 0 Å². The molecular formula is C12H16N2O4. The summed E-state index contributed by atoms with van der Waals surface area (Å²) in [6.45, 7) is 2.28. The number of carbonyl (C=O) groups excluding carboxylic acids is 1. The van der Waals surface area contributed by atoms with E-state index in [1.54, 1.807) is 6.07 Å². The molecule has 1 aliphatic rings. The molecular weight excluding hydrogens is 236 g/mol. The average Bonchev–Trinajstić information content (AvgIpc) is 3.00. The van der Waals surface area contributed by atoms with Crippen LogP contribution in [-0.2, 0) is 11.3 Å². The van der Waals surface area contributed by atoms with Crippen molar-refractivity contribution in [3.63, 3.8) is 0 Å². The number of amides is 1. The van der Waals surface area contributed by atoms with Crippen molar-refractivity contribution in [3.8, 4) is 0 Å². The predicted molar refractivity (Wildman–Crippen MR) is 63.2 cm³/mol. The fourth-order valence-corrected chi connectivity index (χ4v) is 1.96. The molecule has 0 spiro atoms. The van der Waals surface area contributed by atoms with Gasteiger partial charge in [0.15, 0.2) is 0 Å². The molecule has 2 heterocycles. The van der Waals surface area contributed by atoms with Crippen molar-refractivity contribution in [3.05, 3.63) is 23.7 Å². The molecule has 2 rings (SSSR count). The Morgan fingerprint density at radius 3 is 2.67 bits per heavy atom. The Morgan fingerprint density at radius 2 is 2.06 bits per heavy atom. The topological polar surface area (TPSA) is 82.8 Å². The van der Waals surface area contributed by atoms with Crippen LogP contribution in [0.5, 0.6) is 0 Å². The van der Waals surface area contributed by atoms with E-state index >= 15 is 0 Å². The number of rotatable bonds is 5. The maximum absolute atomic E-state index is 11.7. The highest BCUT2D eigenvalue weighted by Gasteiger charge is 2.17. The molecule has 0 aliphatic carbocycles. The molecule has 1 amide bonds. The van der Waals surface area contributed by atoms with E-state index in [1.807, 2.05) is 4.90 Å². The second-order valence-corrected chi connectivity index (χ2v) is 4.26. The van der Waals surface area contributed by atoms with Crippen LogP contribution in [-0.4, -0.2) is 41.5 Å². The van der Waals surface area contributed by atoms with Gasteiger partial charge in [0, 0.05) is 13.1 Å². The molecule has 6 heteroatoms. The number of nitrogens with zero attached hydrogens (tertiary/aromatic N) is 1. The van der Waals surface area contributed by atoms with Gasteiger partial charge in [-0.1, -0.05) is 0 Å². The summed E-state index contributed by atoms with van der Waals surface area (Å²) in [5.74, 6) is -0.578. The Morgan fingerprint density at radius 1 is 1.33 bits per heavy atom. The second kappa shape index (κ2) is 5.68. The minimum absolute atomic E-state index is 0.0810. The third kappa shape index (κ3) is 3.10. The minimum atomic E-state index is -1.09. The Hall–Kier alpha value is -1.82. The standard InChI is InChI=1S/C12H16N2O4/c15-11(14-5-1-2-6-14)8-13-7-9-3-4-10(18-9)12(16)17/h3-4,13H,1-2,5-8H2,(H,16,17). The van der Waals surface area contributed by atoms with E-state index in [1.165, 1.54) is 6.07 Å². The number of hydrogen-bond acceptors (Lipinski definition) is 4. The molecule has 2 N–H and O–H groups in total. The van der Waals surface area contributed by atoms with Crippen LogP contribution in [0.25, 0.3) is 0 Å². The first-order valence-electron chi connectivity index (χ1n) is 5.97. The summed E-state index contributed by atoms with van der Waals surface area (Å²) in [6.07, 6.45) is 2.15. The van der Waals surface area contributed by atoms with Crippen molar-refractivity contribution < 1.29 is 19.1 Å². The van der Waals surface area contributed by atoms with Gasteiger partial charge in [-0.3, -0.25) is 4.79 Å². The molecule has 1 saturated heterocycles. The zero-order valence-corrected chi connectivity index (χ0v) is 10.0. The molecule has 98 valence electrons. The van der Waals surface area contributed by atoms with Gasteiger partial charge in [0.2, 0.25) is 11.7 Å². The molecule has 0 radical (unpaired) electrons. The SMILES string of the molecule is O=C(O)c1ccc(CNCC(=O)N2CCCC2)o1. The third-order valence-electron chi connectivity index (χ3n) is 2.91. The molecule has 1 fully saturated rings. The zero-order chi connectivity index (χ0) is 13.0. The smallest absolute Gasteiger partial charge is 0.371 e. The van der Waals surface area contributed by atoms with Crippen LogP contribution >= 0.6 is 0 Å². The maximum Gasteiger partial charge on any atom is 0.371 e. The largest absolute Gasteiger partial charge is 0.475 e. The van der Waals surface area contributed by atoms with E-state index in [9.17, 15) is 9.59 Å². The van der Waals surface area contributed by atoms with Gasteiger partial charge in [0.05, 0.1) is 13.1 Å². The Labute approximate surface area is 105 Å². The van der Waals surface area contributed by atoms with E-state index in [-0.39, 0.29) is 18.2 Å². The summed E-state index contributed by atoms with van der Waals surface area (Å²) < 4.78 is 5.07. The van der Waals surface area contributed by atoms with Gasteiger partial charge in [-0.2, -0.15) is 0 Å². The van der Waals surface area contributed by atoms with Crippen molar-refractivity contribution in [2.75, 3.05) is 19.6 Å². The summed E-state index contributed by atoms with van der Waals surface area (Å²) in [6, 6.07) is 3.00. The summed E-state index contributed by atoms with van der Waals surface area (Å²) >= 11 is 0. The zero-order valence-electron chi connectivity index (χ0n) is 10.0. The molecule has 18 heavy (non-hydrogen) atoms. The number of carboxylic acids is 1. The van der Waals surface area contributed by atoms with Crippen molar-refractivity contribution >= 4 is 11.9 Å². The highest BCUT2D eigenvalue weighted by atomic mass is 16.4. The number of aromatic carboxylic acids is 1. The van der Waals surface area contributed by atoms with E-state index in [0.717, 1.165) is 25.9 Å². The van der Waals surface area contributed by atoms with Crippen LogP contribution in [0.3, 0.4) is 0 Å². The van der Waals surface area contributed by atoms with E-state index in [0.29, 0.717) is 12.3 Å². The van der Waals surface area contributed by atoms with Crippen LogP contribution in [0.15, 0.2) is 16.5 Å². The lowest BCUT2D eigenvalue weighted by Gasteiger charge is -2.14. The Kier molecular flexibility index (Phi) is 3.99.